The second-order valence-electron chi connectivity index (χ2n) is 4.38. The van der Waals surface area contributed by atoms with Gasteiger partial charge in [-0.15, -0.1) is 0 Å². The molecule has 0 atom stereocenters. The standard InChI is InChI=1S/C16H11IN2O2/c17-14-7-2-1-6-13(14)16(20)19-12-5-3-4-11(8-12)15-9-18-10-21-15/h1-10H,(H,19,20). The highest BCUT2D eigenvalue weighted by Crippen LogP contribution is 2.22. The molecule has 104 valence electrons. The first-order chi connectivity index (χ1) is 10.2. The van der Waals surface area contributed by atoms with Crippen LogP contribution in [0.4, 0.5) is 5.69 Å². The third-order valence-electron chi connectivity index (χ3n) is 2.96. The molecule has 4 nitrogen and oxygen atoms in total. The van der Waals surface area contributed by atoms with E-state index < -0.39 is 0 Å². The number of hydrogen-bond donors (Lipinski definition) is 1. The SMILES string of the molecule is O=C(Nc1cccc(-c2cnco2)c1)c1ccccc1I. The van der Waals surface area contributed by atoms with Crippen molar-refractivity contribution in [2.45, 2.75) is 0 Å². The number of nitrogens with zero attached hydrogens (tertiary/aromatic N) is 1. The van der Waals surface area contributed by atoms with Crippen LogP contribution in [0.3, 0.4) is 0 Å². The largest absolute Gasteiger partial charge is 0.444 e. The normalized spacial score (nSPS) is 10.3. The summed E-state index contributed by atoms with van der Waals surface area (Å²) in [4.78, 5) is 16.2. The van der Waals surface area contributed by atoms with Gasteiger partial charge in [-0.05, 0) is 46.9 Å². The number of anilines is 1. The zero-order chi connectivity index (χ0) is 14.7. The van der Waals surface area contributed by atoms with Crippen molar-refractivity contribution in [2.75, 3.05) is 5.32 Å². The molecule has 0 aliphatic rings. The smallest absolute Gasteiger partial charge is 0.256 e. The van der Waals surface area contributed by atoms with Crippen LogP contribution in [0.15, 0.2) is 65.5 Å². The topological polar surface area (TPSA) is 55.1 Å². The Kier molecular flexibility index (Phi) is 4.01. The van der Waals surface area contributed by atoms with Gasteiger partial charge in [-0.1, -0.05) is 24.3 Å². The summed E-state index contributed by atoms with van der Waals surface area (Å²) in [6.45, 7) is 0. The number of carbonyl (C=O) groups excluding carboxylic acids is 1. The Morgan fingerprint density at radius 3 is 2.76 bits per heavy atom. The molecule has 0 spiro atoms. The highest BCUT2D eigenvalue weighted by atomic mass is 127. The fourth-order valence-corrected chi connectivity index (χ4v) is 2.58. The van der Waals surface area contributed by atoms with E-state index in [-0.39, 0.29) is 5.91 Å². The Labute approximate surface area is 135 Å². The lowest BCUT2D eigenvalue weighted by molar-refractivity contribution is 0.102. The fourth-order valence-electron chi connectivity index (χ4n) is 1.95. The Morgan fingerprint density at radius 1 is 1.14 bits per heavy atom. The van der Waals surface area contributed by atoms with Gasteiger partial charge in [0.05, 0.1) is 11.8 Å². The van der Waals surface area contributed by atoms with E-state index in [4.69, 9.17) is 4.42 Å². The highest BCUT2D eigenvalue weighted by Gasteiger charge is 2.10. The van der Waals surface area contributed by atoms with E-state index >= 15 is 0 Å². The number of amides is 1. The number of nitrogens with one attached hydrogen (secondary N) is 1. The molecule has 3 aromatic rings. The summed E-state index contributed by atoms with van der Waals surface area (Å²) in [6.07, 6.45) is 3.02. The predicted molar refractivity (Wildman–Crippen MR) is 89.1 cm³/mol. The van der Waals surface area contributed by atoms with Crippen LogP contribution in [-0.2, 0) is 0 Å². The first-order valence-electron chi connectivity index (χ1n) is 6.29. The molecule has 21 heavy (non-hydrogen) atoms. The third kappa shape index (κ3) is 3.13. The monoisotopic (exact) mass is 390 g/mol. The number of carbonyl (C=O) groups is 1. The molecule has 5 heteroatoms. The lowest BCUT2D eigenvalue weighted by Gasteiger charge is -2.07. The van der Waals surface area contributed by atoms with Gasteiger partial charge in [0.2, 0.25) is 0 Å². The average molecular weight is 390 g/mol. The minimum Gasteiger partial charge on any atom is -0.444 e. The van der Waals surface area contributed by atoms with Gasteiger partial charge in [-0.25, -0.2) is 4.98 Å². The van der Waals surface area contributed by atoms with Crippen LogP contribution >= 0.6 is 22.6 Å². The Morgan fingerprint density at radius 2 is 2.00 bits per heavy atom. The van der Waals surface area contributed by atoms with Crippen molar-refractivity contribution >= 4 is 34.2 Å². The van der Waals surface area contributed by atoms with Crippen LogP contribution in [0.1, 0.15) is 10.4 Å². The van der Waals surface area contributed by atoms with Crippen LogP contribution in [0.5, 0.6) is 0 Å². The molecule has 1 amide bonds. The van der Waals surface area contributed by atoms with Crippen molar-refractivity contribution in [2.24, 2.45) is 0 Å². The molecule has 1 heterocycles. The van der Waals surface area contributed by atoms with Crippen molar-refractivity contribution < 1.29 is 9.21 Å². The summed E-state index contributed by atoms with van der Waals surface area (Å²) in [5, 5.41) is 2.90. The Balaban J connectivity index is 1.84. The summed E-state index contributed by atoms with van der Waals surface area (Å²) in [6, 6.07) is 14.9. The van der Waals surface area contributed by atoms with E-state index in [0.29, 0.717) is 17.0 Å². The second kappa shape index (κ2) is 6.09. The number of hydrogen-bond acceptors (Lipinski definition) is 3. The summed E-state index contributed by atoms with van der Waals surface area (Å²) in [5.74, 6) is 0.537. The van der Waals surface area contributed by atoms with E-state index in [9.17, 15) is 4.79 Å². The van der Waals surface area contributed by atoms with E-state index in [0.717, 1.165) is 9.13 Å². The molecule has 0 unspecified atom stereocenters. The maximum Gasteiger partial charge on any atom is 0.256 e. The summed E-state index contributed by atoms with van der Waals surface area (Å²) in [7, 11) is 0. The van der Waals surface area contributed by atoms with Gasteiger partial charge >= 0.3 is 0 Å². The van der Waals surface area contributed by atoms with Crippen molar-refractivity contribution in [1.29, 1.82) is 0 Å². The maximum absolute atomic E-state index is 12.3. The van der Waals surface area contributed by atoms with E-state index in [1.165, 1.54) is 6.39 Å². The zero-order valence-electron chi connectivity index (χ0n) is 10.9. The molecule has 2 aromatic carbocycles. The number of rotatable bonds is 3. The quantitative estimate of drug-likeness (QED) is 0.683. The summed E-state index contributed by atoms with van der Waals surface area (Å²) in [5.41, 5.74) is 2.24. The fraction of sp³-hybridized carbons (Fsp3) is 0. The van der Waals surface area contributed by atoms with Crippen LogP contribution in [0, 0.1) is 3.57 Å². The van der Waals surface area contributed by atoms with E-state index in [1.807, 2.05) is 42.5 Å². The molecule has 0 saturated carbocycles. The zero-order valence-corrected chi connectivity index (χ0v) is 13.1. The molecule has 1 aromatic heterocycles. The Bertz CT molecular complexity index is 769. The van der Waals surface area contributed by atoms with Gasteiger partial charge in [0.15, 0.2) is 12.2 Å². The van der Waals surface area contributed by atoms with Crippen LogP contribution < -0.4 is 5.32 Å². The summed E-state index contributed by atoms with van der Waals surface area (Å²) < 4.78 is 6.17. The molecule has 0 bridgehead atoms. The lowest BCUT2D eigenvalue weighted by Crippen LogP contribution is -2.13. The van der Waals surface area contributed by atoms with Crippen molar-refractivity contribution in [3.05, 3.63) is 70.3 Å². The first-order valence-corrected chi connectivity index (χ1v) is 7.37. The highest BCUT2D eigenvalue weighted by molar-refractivity contribution is 14.1. The molecule has 1 N–H and O–H groups in total. The molecular formula is C16H11IN2O2. The van der Waals surface area contributed by atoms with Gasteiger partial charge in [-0.2, -0.15) is 0 Å². The Hall–Kier alpha value is -2.15. The second-order valence-corrected chi connectivity index (χ2v) is 5.54. The minimum atomic E-state index is -0.130. The number of aromatic nitrogens is 1. The van der Waals surface area contributed by atoms with Gasteiger partial charge in [0.1, 0.15) is 0 Å². The predicted octanol–water partition coefficient (Wildman–Crippen LogP) is 4.20. The number of oxazole rings is 1. The van der Waals surface area contributed by atoms with Gasteiger partial charge in [0.25, 0.3) is 5.91 Å². The maximum atomic E-state index is 12.3. The van der Waals surface area contributed by atoms with E-state index in [2.05, 4.69) is 32.9 Å². The minimum absolute atomic E-state index is 0.130. The molecular weight excluding hydrogens is 379 g/mol. The third-order valence-corrected chi connectivity index (χ3v) is 3.90. The van der Waals surface area contributed by atoms with Gasteiger partial charge in [-0.3, -0.25) is 4.79 Å². The van der Waals surface area contributed by atoms with E-state index in [1.54, 1.807) is 12.3 Å². The molecule has 0 fully saturated rings. The molecule has 0 aliphatic heterocycles. The lowest BCUT2D eigenvalue weighted by atomic mass is 10.1. The van der Waals surface area contributed by atoms with Gasteiger partial charge < -0.3 is 9.73 Å². The van der Waals surface area contributed by atoms with Crippen molar-refractivity contribution in [3.63, 3.8) is 0 Å². The van der Waals surface area contributed by atoms with Crippen LogP contribution in [-0.4, -0.2) is 10.9 Å². The molecule has 0 aliphatic carbocycles. The average Bonchev–Trinajstić information content (AvgIpc) is 3.02. The first kappa shape index (κ1) is 13.8. The van der Waals surface area contributed by atoms with Crippen molar-refractivity contribution in [3.8, 4) is 11.3 Å². The molecule has 3 rings (SSSR count). The molecule has 0 saturated heterocycles. The van der Waals surface area contributed by atoms with Gasteiger partial charge in [0, 0.05) is 14.8 Å². The molecule has 0 radical (unpaired) electrons. The van der Waals surface area contributed by atoms with Crippen LogP contribution in [0.2, 0.25) is 0 Å². The summed E-state index contributed by atoms with van der Waals surface area (Å²) >= 11 is 2.15. The van der Waals surface area contributed by atoms with Crippen LogP contribution in [0.25, 0.3) is 11.3 Å². The van der Waals surface area contributed by atoms with Crippen molar-refractivity contribution in [1.82, 2.24) is 4.98 Å². The number of halogens is 1. The number of benzene rings is 2.